The molecule has 0 spiro atoms. The highest BCUT2D eigenvalue weighted by Gasteiger charge is 2.24. The first kappa shape index (κ1) is 13.5. The molecule has 1 saturated heterocycles. The van der Waals surface area contributed by atoms with Gasteiger partial charge in [0.1, 0.15) is 0 Å². The van der Waals surface area contributed by atoms with E-state index >= 15 is 0 Å². The molecule has 1 aliphatic rings. The summed E-state index contributed by atoms with van der Waals surface area (Å²) in [5.41, 5.74) is 1.39. The topological polar surface area (TPSA) is 24.5 Å². The maximum absolute atomic E-state index is 6.02. The SMILES string of the molecule is CNCC(C)OC1CCN(Cc2ccccc2)C1. The molecule has 3 heteroatoms. The zero-order valence-corrected chi connectivity index (χ0v) is 11.4. The van der Waals surface area contributed by atoms with E-state index in [9.17, 15) is 0 Å². The number of hydrogen-bond acceptors (Lipinski definition) is 3. The van der Waals surface area contributed by atoms with Gasteiger partial charge >= 0.3 is 0 Å². The standard InChI is InChI=1S/C15H24N2O/c1-13(10-16-2)18-15-8-9-17(12-15)11-14-6-4-3-5-7-14/h3-7,13,15-16H,8-12H2,1-2H3. The Hall–Kier alpha value is -0.900. The van der Waals surface area contributed by atoms with Crippen LogP contribution in [0, 0.1) is 0 Å². The lowest BCUT2D eigenvalue weighted by molar-refractivity contribution is 0.00523. The van der Waals surface area contributed by atoms with Gasteiger partial charge < -0.3 is 10.1 Å². The normalized spacial score (nSPS) is 22.2. The Balaban J connectivity index is 1.75. The lowest BCUT2D eigenvalue weighted by Crippen LogP contribution is -2.30. The summed E-state index contributed by atoms with van der Waals surface area (Å²) in [6, 6.07) is 10.7. The number of hydrogen-bond donors (Lipinski definition) is 1. The highest BCUT2D eigenvalue weighted by Crippen LogP contribution is 2.17. The lowest BCUT2D eigenvalue weighted by Gasteiger charge is -2.19. The largest absolute Gasteiger partial charge is 0.373 e. The van der Waals surface area contributed by atoms with E-state index in [1.54, 1.807) is 0 Å². The number of likely N-dealkylation sites (tertiary alicyclic amines) is 1. The van der Waals surface area contributed by atoms with Crippen LogP contribution < -0.4 is 5.32 Å². The Morgan fingerprint density at radius 1 is 1.39 bits per heavy atom. The molecule has 0 radical (unpaired) electrons. The van der Waals surface area contributed by atoms with Gasteiger partial charge in [-0.3, -0.25) is 4.90 Å². The van der Waals surface area contributed by atoms with Gasteiger partial charge in [0, 0.05) is 26.2 Å². The van der Waals surface area contributed by atoms with Crippen LogP contribution in [0.2, 0.25) is 0 Å². The van der Waals surface area contributed by atoms with Crippen molar-refractivity contribution < 1.29 is 4.74 Å². The van der Waals surface area contributed by atoms with E-state index in [1.165, 1.54) is 5.56 Å². The van der Waals surface area contributed by atoms with Gasteiger partial charge in [-0.15, -0.1) is 0 Å². The summed E-state index contributed by atoms with van der Waals surface area (Å²) in [6.45, 7) is 6.31. The van der Waals surface area contributed by atoms with Crippen molar-refractivity contribution in [2.24, 2.45) is 0 Å². The van der Waals surface area contributed by atoms with Crippen LogP contribution in [0.25, 0.3) is 0 Å². The average molecular weight is 248 g/mol. The molecule has 1 fully saturated rings. The van der Waals surface area contributed by atoms with Crippen molar-refractivity contribution in [3.8, 4) is 0 Å². The van der Waals surface area contributed by atoms with E-state index < -0.39 is 0 Å². The zero-order chi connectivity index (χ0) is 12.8. The summed E-state index contributed by atoms with van der Waals surface area (Å²) in [7, 11) is 1.97. The van der Waals surface area contributed by atoms with Crippen molar-refractivity contribution in [3.63, 3.8) is 0 Å². The minimum atomic E-state index is 0.302. The van der Waals surface area contributed by atoms with Crippen molar-refractivity contribution in [1.82, 2.24) is 10.2 Å². The summed E-state index contributed by atoms with van der Waals surface area (Å²) in [5, 5.41) is 3.15. The summed E-state index contributed by atoms with van der Waals surface area (Å²) >= 11 is 0. The summed E-state index contributed by atoms with van der Waals surface area (Å²) in [4.78, 5) is 2.48. The van der Waals surface area contributed by atoms with E-state index in [1.807, 2.05) is 7.05 Å². The molecule has 100 valence electrons. The van der Waals surface area contributed by atoms with Gasteiger partial charge in [0.25, 0.3) is 0 Å². The van der Waals surface area contributed by atoms with E-state index in [2.05, 4.69) is 47.5 Å². The fourth-order valence-corrected chi connectivity index (χ4v) is 2.56. The molecule has 2 rings (SSSR count). The Morgan fingerprint density at radius 3 is 2.89 bits per heavy atom. The predicted octanol–water partition coefficient (Wildman–Crippen LogP) is 1.89. The number of ether oxygens (including phenoxy) is 1. The molecule has 0 saturated carbocycles. The Bertz CT molecular complexity index is 342. The van der Waals surface area contributed by atoms with Crippen LogP contribution in [0.5, 0.6) is 0 Å². The van der Waals surface area contributed by atoms with Crippen molar-refractivity contribution in [3.05, 3.63) is 35.9 Å². The summed E-state index contributed by atoms with van der Waals surface area (Å²) < 4.78 is 6.02. The second-order valence-corrected chi connectivity index (χ2v) is 5.14. The first-order valence-electron chi connectivity index (χ1n) is 6.84. The molecule has 1 aromatic rings. The van der Waals surface area contributed by atoms with E-state index in [4.69, 9.17) is 4.74 Å². The molecule has 1 aliphatic heterocycles. The van der Waals surface area contributed by atoms with Crippen molar-refractivity contribution in [1.29, 1.82) is 0 Å². The average Bonchev–Trinajstić information content (AvgIpc) is 2.78. The Labute approximate surface area is 110 Å². The van der Waals surface area contributed by atoms with Gasteiger partial charge in [-0.1, -0.05) is 30.3 Å². The van der Waals surface area contributed by atoms with Crippen LogP contribution in [0.15, 0.2) is 30.3 Å². The molecule has 1 aromatic carbocycles. The highest BCUT2D eigenvalue weighted by atomic mass is 16.5. The Kier molecular flexibility index (Phi) is 5.17. The number of nitrogens with one attached hydrogen (secondary N) is 1. The zero-order valence-electron chi connectivity index (χ0n) is 11.4. The summed E-state index contributed by atoms with van der Waals surface area (Å²) in [5.74, 6) is 0. The van der Waals surface area contributed by atoms with E-state index in [0.29, 0.717) is 12.2 Å². The maximum atomic E-state index is 6.02. The fourth-order valence-electron chi connectivity index (χ4n) is 2.56. The van der Waals surface area contributed by atoms with Gasteiger partial charge in [0.05, 0.1) is 12.2 Å². The first-order chi connectivity index (χ1) is 8.78. The first-order valence-corrected chi connectivity index (χ1v) is 6.84. The van der Waals surface area contributed by atoms with Gasteiger partial charge in [-0.25, -0.2) is 0 Å². The summed E-state index contributed by atoms with van der Waals surface area (Å²) in [6.07, 6.45) is 1.86. The number of likely N-dealkylation sites (N-methyl/N-ethyl adjacent to an activating group) is 1. The molecule has 1 N–H and O–H groups in total. The quantitative estimate of drug-likeness (QED) is 0.832. The van der Waals surface area contributed by atoms with Crippen LogP contribution in [0.4, 0.5) is 0 Å². The highest BCUT2D eigenvalue weighted by molar-refractivity contribution is 5.14. The lowest BCUT2D eigenvalue weighted by atomic mass is 10.2. The van der Waals surface area contributed by atoms with Crippen molar-refractivity contribution in [2.45, 2.75) is 32.1 Å². The molecule has 1 heterocycles. The third kappa shape index (κ3) is 4.09. The Morgan fingerprint density at radius 2 is 2.17 bits per heavy atom. The smallest absolute Gasteiger partial charge is 0.0718 e. The minimum absolute atomic E-state index is 0.302. The molecule has 2 atom stereocenters. The molecule has 18 heavy (non-hydrogen) atoms. The molecule has 3 nitrogen and oxygen atoms in total. The molecular formula is C15H24N2O. The molecule has 2 unspecified atom stereocenters. The fraction of sp³-hybridized carbons (Fsp3) is 0.600. The van der Waals surface area contributed by atoms with Crippen LogP contribution in [-0.2, 0) is 11.3 Å². The second-order valence-electron chi connectivity index (χ2n) is 5.14. The monoisotopic (exact) mass is 248 g/mol. The maximum Gasteiger partial charge on any atom is 0.0718 e. The minimum Gasteiger partial charge on any atom is -0.373 e. The van der Waals surface area contributed by atoms with Crippen LogP contribution in [0.3, 0.4) is 0 Å². The molecule has 0 amide bonds. The molecule has 0 bridgehead atoms. The van der Waals surface area contributed by atoms with Crippen molar-refractivity contribution >= 4 is 0 Å². The number of rotatable bonds is 6. The van der Waals surface area contributed by atoms with Gasteiger partial charge in [-0.2, -0.15) is 0 Å². The third-order valence-corrected chi connectivity index (χ3v) is 3.39. The van der Waals surface area contributed by atoms with Gasteiger partial charge in [0.15, 0.2) is 0 Å². The molecule has 0 aliphatic carbocycles. The predicted molar refractivity (Wildman–Crippen MR) is 74.6 cm³/mol. The van der Waals surface area contributed by atoms with E-state index in [0.717, 1.165) is 32.6 Å². The van der Waals surface area contributed by atoms with E-state index in [-0.39, 0.29) is 0 Å². The second kappa shape index (κ2) is 6.88. The van der Waals surface area contributed by atoms with Gasteiger partial charge in [0.2, 0.25) is 0 Å². The van der Waals surface area contributed by atoms with Crippen molar-refractivity contribution in [2.75, 3.05) is 26.7 Å². The van der Waals surface area contributed by atoms with Gasteiger partial charge in [-0.05, 0) is 26.0 Å². The molecular weight excluding hydrogens is 224 g/mol. The third-order valence-electron chi connectivity index (χ3n) is 3.39. The molecule has 0 aromatic heterocycles. The van der Waals surface area contributed by atoms with Crippen LogP contribution in [-0.4, -0.2) is 43.8 Å². The number of benzene rings is 1. The van der Waals surface area contributed by atoms with Crippen LogP contribution >= 0.6 is 0 Å². The number of nitrogens with zero attached hydrogens (tertiary/aromatic N) is 1. The van der Waals surface area contributed by atoms with Crippen LogP contribution in [0.1, 0.15) is 18.9 Å².